The molecule has 0 spiro atoms. The van der Waals surface area contributed by atoms with Crippen molar-refractivity contribution in [2.45, 2.75) is 0 Å². The average molecular weight is 249 g/mol. The molecule has 18 heavy (non-hydrogen) atoms. The summed E-state index contributed by atoms with van der Waals surface area (Å²) < 4.78 is 4.55. The number of carbonyl (C=O) groups excluding carboxylic acids is 2. The lowest BCUT2D eigenvalue weighted by atomic mass is 10.2. The van der Waals surface area contributed by atoms with Gasteiger partial charge in [0.2, 0.25) is 5.91 Å². The van der Waals surface area contributed by atoms with Gasteiger partial charge in [0.15, 0.2) is 0 Å². The Hall–Kier alpha value is -2.63. The molecule has 0 unspecified atom stereocenters. The standard InChI is InChI=1S/C12H11NO5/c1-18-12(17)8-4-2-3-5-9(8)13-10(14)6-7-11(15)16/h2-7H,1H3,(H,13,14)(H,15,16)/b7-6-. The number of rotatable bonds is 4. The van der Waals surface area contributed by atoms with E-state index in [-0.39, 0.29) is 11.3 Å². The average Bonchev–Trinajstić information content (AvgIpc) is 2.36. The molecule has 0 bridgehead atoms. The van der Waals surface area contributed by atoms with Gasteiger partial charge in [-0.2, -0.15) is 0 Å². The van der Waals surface area contributed by atoms with Gasteiger partial charge < -0.3 is 15.2 Å². The van der Waals surface area contributed by atoms with Crippen LogP contribution in [0.4, 0.5) is 5.69 Å². The SMILES string of the molecule is COC(=O)c1ccccc1NC(=O)/C=C\C(=O)O. The molecule has 0 aliphatic heterocycles. The topological polar surface area (TPSA) is 92.7 Å². The number of carbonyl (C=O) groups is 3. The number of amides is 1. The first-order valence-corrected chi connectivity index (χ1v) is 4.94. The quantitative estimate of drug-likeness (QED) is 0.614. The number of methoxy groups -OCH3 is 1. The molecule has 0 aromatic heterocycles. The van der Waals surface area contributed by atoms with Crippen molar-refractivity contribution in [2.24, 2.45) is 0 Å². The zero-order valence-corrected chi connectivity index (χ0v) is 9.54. The van der Waals surface area contributed by atoms with Crippen molar-refractivity contribution >= 4 is 23.5 Å². The Bertz CT molecular complexity index is 507. The first-order valence-electron chi connectivity index (χ1n) is 4.94. The van der Waals surface area contributed by atoms with Crippen LogP contribution in [0.2, 0.25) is 0 Å². The van der Waals surface area contributed by atoms with E-state index in [0.717, 1.165) is 6.08 Å². The molecule has 0 aliphatic carbocycles. The van der Waals surface area contributed by atoms with Gasteiger partial charge in [0.05, 0.1) is 18.4 Å². The summed E-state index contributed by atoms with van der Waals surface area (Å²) in [6.07, 6.45) is 1.56. The van der Waals surface area contributed by atoms with Gasteiger partial charge in [-0.05, 0) is 12.1 Å². The highest BCUT2D eigenvalue weighted by atomic mass is 16.5. The molecular formula is C12H11NO5. The van der Waals surface area contributed by atoms with Crippen LogP contribution in [0.5, 0.6) is 0 Å². The summed E-state index contributed by atoms with van der Waals surface area (Å²) in [7, 11) is 1.23. The Kier molecular flexibility index (Phi) is 4.62. The van der Waals surface area contributed by atoms with Crippen molar-refractivity contribution in [3.63, 3.8) is 0 Å². The number of para-hydroxylation sites is 1. The molecule has 94 valence electrons. The number of hydrogen-bond acceptors (Lipinski definition) is 4. The van der Waals surface area contributed by atoms with E-state index in [2.05, 4.69) is 10.1 Å². The normalized spacial score (nSPS) is 10.1. The molecule has 0 atom stereocenters. The summed E-state index contributed by atoms with van der Waals surface area (Å²) in [5.74, 6) is -2.46. The Balaban J connectivity index is 2.88. The second-order valence-electron chi connectivity index (χ2n) is 3.20. The number of esters is 1. The van der Waals surface area contributed by atoms with E-state index in [4.69, 9.17) is 5.11 Å². The number of benzene rings is 1. The van der Waals surface area contributed by atoms with Crippen molar-refractivity contribution in [1.82, 2.24) is 0 Å². The minimum atomic E-state index is -1.23. The van der Waals surface area contributed by atoms with Crippen molar-refractivity contribution in [2.75, 3.05) is 12.4 Å². The van der Waals surface area contributed by atoms with E-state index < -0.39 is 17.8 Å². The predicted molar refractivity (Wildman–Crippen MR) is 63.2 cm³/mol. The molecule has 1 aromatic rings. The summed E-state index contributed by atoms with van der Waals surface area (Å²) in [4.78, 5) is 33.0. The molecule has 1 amide bonds. The smallest absolute Gasteiger partial charge is 0.339 e. The van der Waals surface area contributed by atoms with E-state index in [1.165, 1.54) is 19.2 Å². The van der Waals surface area contributed by atoms with Gasteiger partial charge in [-0.1, -0.05) is 12.1 Å². The van der Waals surface area contributed by atoms with Gasteiger partial charge >= 0.3 is 11.9 Å². The Morgan fingerprint density at radius 1 is 1.22 bits per heavy atom. The maximum Gasteiger partial charge on any atom is 0.339 e. The fourth-order valence-electron chi connectivity index (χ4n) is 1.20. The number of carboxylic acids is 1. The number of carboxylic acid groups (broad SMARTS) is 1. The van der Waals surface area contributed by atoms with Gasteiger partial charge in [0.1, 0.15) is 0 Å². The van der Waals surface area contributed by atoms with Crippen molar-refractivity contribution in [3.05, 3.63) is 42.0 Å². The molecule has 1 rings (SSSR count). The molecule has 0 saturated heterocycles. The van der Waals surface area contributed by atoms with Crippen LogP contribution < -0.4 is 5.32 Å². The van der Waals surface area contributed by atoms with Gasteiger partial charge in [0.25, 0.3) is 0 Å². The lowest BCUT2D eigenvalue weighted by Gasteiger charge is -2.07. The van der Waals surface area contributed by atoms with Crippen LogP contribution in [0.3, 0.4) is 0 Å². The van der Waals surface area contributed by atoms with Gasteiger partial charge in [0, 0.05) is 12.2 Å². The van der Waals surface area contributed by atoms with E-state index in [0.29, 0.717) is 6.08 Å². The largest absolute Gasteiger partial charge is 0.478 e. The highest BCUT2D eigenvalue weighted by Crippen LogP contribution is 2.15. The number of aliphatic carboxylic acids is 1. The monoisotopic (exact) mass is 249 g/mol. The summed E-state index contributed by atoms with van der Waals surface area (Å²) in [6.45, 7) is 0. The minimum Gasteiger partial charge on any atom is -0.478 e. The lowest BCUT2D eigenvalue weighted by Crippen LogP contribution is -2.13. The predicted octanol–water partition coefficient (Wildman–Crippen LogP) is 1.05. The van der Waals surface area contributed by atoms with Crippen LogP contribution in [0.25, 0.3) is 0 Å². The number of ether oxygens (including phenoxy) is 1. The van der Waals surface area contributed by atoms with Gasteiger partial charge in [-0.15, -0.1) is 0 Å². The fraction of sp³-hybridized carbons (Fsp3) is 0.0833. The molecule has 6 nitrogen and oxygen atoms in total. The summed E-state index contributed by atoms with van der Waals surface area (Å²) >= 11 is 0. The highest BCUT2D eigenvalue weighted by molar-refractivity contribution is 6.06. The fourth-order valence-corrected chi connectivity index (χ4v) is 1.20. The third-order valence-electron chi connectivity index (χ3n) is 1.97. The number of anilines is 1. The van der Waals surface area contributed by atoms with Crippen LogP contribution >= 0.6 is 0 Å². The second kappa shape index (κ2) is 6.19. The maximum atomic E-state index is 11.4. The van der Waals surface area contributed by atoms with E-state index in [1.54, 1.807) is 12.1 Å². The molecule has 1 aromatic carbocycles. The molecule has 6 heteroatoms. The zero-order valence-electron chi connectivity index (χ0n) is 9.54. The molecular weight excluding hydrogens is 238 g/mol. The summed E-state index contributed by atoms with van der Waals surface area (Å²) in [5.41, 5.74) is 0.446. The third kappa shape index (κ3) is 3.75. The van der Waals surface area contributed by atoms with Crippen LogP contribution in [0.15, 0.2) is 36.4 Å². The van der Waals surface area contributed by atoms with E-state index >= 15 is 0 Å². The molecule has 0 heterocycles. The van der Waals surface area contributed by atoms with Crippen LogP contribution in [-0.4, -0.2) is 30.1 Å². The van der Waals surface area contributed by atoms with Crippen molar-refractivity contribution < 1.29 is 24.2 Å². The molecule has 0 radical (unpaired) electrons. The summed E-state index contributed by atoms with van der Waals surface area (Å²) in [6, 6.07) is 6.25. The third-order valence-corrected chi connectivity index (χ3v) is 1.97. The number of hydrogen-bond donors (Lipinski definition) is 2. The molecule has 0 aliphatic rings. The number of nitrogens with one attached hydrogen (secondary N) is 1. The van der Waals surface area contributed by atoms with E-state index in [1.807, 2.05) is 0 Å². The first-order chi connectivity index (χ1) is 8.54. The second-order valence-corrected chi connectivity index (χ2v) is 3.20. The summed E-state index contributed by atoms with van der Waals surface area (Å²) in [5, 5.41) is 10.8. The maximum absolute atomic E-state index is 11.4. The Morgan fingerprint density at radius 2 is 1.89 bits per heavy atom. The molecule has 2 N–H and O–H groups in total. The minimum absolute atomic E-state index is 0.192. The highest BCUT2D eigenvalue weighted by Gasteiger charge is 2.11. The zero-order chi connectivity index (χ0) is 13.5. The Labute approximate surface area is 103 Å². The Morgan fingerprint density at radius 3 is 2.50 bits per heavy atom. The van der Waals surface area contributed by atoms with Gasteiger partial charge in [-0.25, -0.2) is 9.59 Å². The van der Waals surface area contributed by atoms with Gasteiger partial charge in [-0.3, -0.25) is 4.79 Å². The molecule has 0 saturated carbocycles. The molecule has 0 fully saturated rings. The van der Waals surface area contributed by atoms with Crippen LogP contribution in [0, 0.1) is 0 Å². The first kappa shape index (κ1) is 13.4. The van der Waals surface area contributed by atoms with Crippen LogP contribution in [0.1, 0.15) is 10.4 Å². The van der Waals surface area contributed by atoms with E-state index in [9.17, 15) is 14.4 Å². The lowest BCUT2D eigenvalue weighted by molar-refractivity contribution is -0.131. The van der Waals surface area contributed by atoms with Crippen LogP contribution in [-0.2, 0) is 14.3 Å². The van der Waals surface area contributed by atoms with Crippen molar-refractivity contribution in [3.8, 4) is 0 Å². The van der Waals surface area contributed by atoms with Crippen molar-refractivity contribution in [1.29, 1.82) is 0 Å².